The predicted molar refractivity (Wildman–Crippen MR) is 87.7 cm³/mol. The summed E-state index contributed by atoms with van der Waals surface area (Å²) in [6.07, 6.45) is 2.53. The molecule has 1 saturated heterocycles. The second-order valence-corrected chi connectivity index (χ2v) is 6.62. The van der Waals surface area contributed by atoms with Crippen molar-refractivity contribution in [3.8, 4) is 0 Å². The van der Waals surface area contributed by atoms with Gasteiger partial charge < -0.3 is 0 Å². The summed E-state index contributed by atoms with van der Waals surface area (Å²) >= 11 is 3.50. The minimum Gasteiger partial charge on any atom is -0.299 e. The monoisotopic (exact) mass is 329 g/mol. The van der Waals surface area contributed by atoms with Crippen LogP contribution in [0.25, 0.3) is 0 Å². The molecule has 3 rings (SSSR count). The quantitative estimate of drug-likeness (QED) is 0.797. The van der Waals surface area contributed by atoms with E-state index in [1.807, 2.05) is 0 Å². The average molecular weight is 330 g/mol. The maximum Gasteiger partial charge on any atom is 0.0233 e. The molecule has 1 unspecified atom stereocenters. The molecule has 1 nitrogen and oxygen atoms in total. The lowest BCUT2D eigenvalue weighted by Crippen LogP contribution is -2.20. The van der Waals surface area contributed by atoms with Gasteiger partial charge in [-0.1, -0.05) is 58.4 Å². The second-order valence-electron chi connectivity index (χ2n) is 5.71. The minimum absolute atomic E-state index is 0.805. The van der Waals surface area contributed by atoms with Crippen molar-refractivity contribution in [3.05, 3.63) is 70.2 Å². The maximum absolute atomic E-state index is 3.50. The first-order valence-corrected chi connectivity index (χ1v) is 8.09. The summed E-state index contributed by atoms with van der Waals surface area (Å²) in [5, 5.41) is 0. The Hall–Kier alpha value is -1.12. The summed E-state index contributed by atoms with van der Waals surface area (Å²) in [6, 6.07) is 19.6. The van der Waals surface area contributed by atoms with Crippen molar-refractivity contribution in [1.29, 1.82) is 0 Å². The highest BCUT2D eigenvalue weighted by molar-refractivity contribution is 9.10. The van der Waals surface area contributed by atoms with Crippen LogP contribution in [-0.2, 0) is 13.0 Å². The van der Waals surface area contributed by atoms with Crippen molar-refractivity contribution in [3.63, 3.8) is 0 Å². The summed E-state index contributed by atoms with van der Waals surface area (Å²) in [5.74, 6) is 0.805. The van der Waals surface area contributed by atoms with Gasteiger partial charge in [-0.25, -0.2) is 0 Å². The van der Waals surface area contributed by atoms with Crippen LogP contribution in [0.3, 0.4) is 0 Å². The summed E-state index contributed by atoms with van der Waals surface area (Å²) in [4.78, 5) is 2.58. The van der Waals surface area contributed by atoms with Crippen LogP contribution < -0.4 is 0 Å². The number of rotatable bonds is 4. The van der Waals surface area contributed by atoms with E-state index in [9.17, 15) is 0 Å². The number of hydrogen-bond acceptors (Lipinski definition) is 1. The summed E-state index contributed by atoms with van der Waals surface area (Å²) < 4.78 is 1.17. The lowest BCUT2D eigenvalue weighted by Gasteiger charge is -2.16. The zero-order valence-electron chi connectivity index (χ0n) is 11.6. The molecule has 1 fully saturated rings. The molecule has 1 atom stereocenters. The molecule has 0 aromatic heterocycles. The SMILES string of the molecule is Brc1ccc(CC2CCN(Cc3ccccc3)C2)cc1. The van der Waals surface area contributed by atoms with Crippen LogP contribution in [0.1, 0.15) is 17.5 Å². The first-order chi connectivity index (χ1) is 9.79. The Kier molecular flexibility index (Phi) is 4.54. The molecule has 0 amide bonds. The van der Waals surface area contributed by atoms with Crippen molar-refractivity contribution in [2.24, 2.45) is 5.92 Å². The van der Waals surface area contributed by atoms with Gasteiger partial charge in [-0.15, -0.1) is 0 Å². The van der Waals surface area contributed by atoms with Crippen LogP contribution in [-0.4, -0.2) is 18.0 Å². The first kappa shape index (κ1) is 13.8. The number of halogens is 1. The third kappa shape index (κ3) is 3.71. The predicted octanol–water partition coefficient (Wildman–Crippen LogP) is 4.51. The van der Waals surface area contributed by atoms with Gasteiger partial charge in [0, 0.05) is 17.6 Å². The summed E-state index contributed by atoms with van der Waals surface area (Å²) in [7, 11) is 0. The molecule has 104 valence electrons. The normalized spacial score (nSPS) is 19.4. The first-order valence-electron chi connectivity index (χ1n) is 7.30. The van der Waals surface area contributed by atoms with Crippen molar-refractivity contribution in [2.75, 3.05) is 13.1 Å². The van der Waals surface area contributed by atoms with Gasteiger partial charge in [-0.3, -0.25) is 4.90 Å². The largest absolute Gasteiger partial charge is 0.299 e. The van der Waals surface area contributed by atoms with Gasteiger partial charge in [0.05, 0.1) is 0 Å². The van der Waals surface area contributed by atoms with Gasteiger partial charge in [0.2, 0.25) is 0 Å². The zero-order valence-corrected chi connectivity index (χ0v) is 13.2. The lowest BCUT2D eigenvalue weighted by atomic mass is 9.99. The highest BCUT2D eigenvalue weighted by Crippen LogP contribution is 2.23. The van der Waals surface area contributed by atoms with E-state index in [4.69, 9.17) is 0 Å². The minimum atomic E-state index is 0.805. The van der Waals surface area contributed by atoms with E-state index < -0.39 is 0 Å². The van der Waals surface area contributed by atoms with Gasteiger partial charge in [0.25, 0.3) is 0 Å². The van der Waals surface area contributed by atoms with Crippen LogP contribution in [0.15, 0.2) is 59.1 Å². The topological polar surface area (TPSA) is 3.24 Å². The van der Waals surface area contributed by atoms with Crippen LogP contribution in [0.4, 0.5) is 0 Å². The van der Waals surface area contributed by atoms with Crippen LogP contribution >= 0.6 is 15.9 Å². The fourth-order valence-corrected chi connectivity index (χ4v) is 3.28. The van der Waals surface area contributed by atoms with Crippen molar-refractivity contribution < 1.29 is 0 Å². The molecule has 2 heteroatoms. The highest BCUT2D eigenvalue weighted by Gasteiger charge is 2.22. The van der Waals surface area contributed by atoms with Crippen LogP contribution in [0.2, 0.25) is 0 Å². The molecule has 0 radical (unpaired) electrons. The zero-order chi connectivity index (χ0) is 13.8. The molecular weight excluding hydrogens is 310 g/mol. The number of benzene rings is 2. The Labute approximate surface area is 129 Å². The Morgan fingerprint density at radius 3 is 2.45 bits per heavy atom. The van der Waals surface area contributed by atoms with E-state index in [1.165, 1.54) is 41.5 Å². The summed E-state index contributed by atoms with van der Waals surface area (Å²) in [5.41, 5.74) is 2.89. The molecule has 2 aromatic carbocycles. The van der Waals surface area contributed by atoms with Crippen molar-refractivity contribution in [2.45, 2.75) is 19.4 Å². The third-order valence-corrected chi connectivity index (χ3v) is 4.59. The molecule has 0 spiro atoms. The van der Waals surface area contributed by atoms with Crippen LogP contribution in [0.5, 0.6) is 0 Å². The molecule has 20 heavy (non-hydrogen) atoms. The Morgan fingerprint density at radius 1 is 0.950 bits per heavy atom. The molecule has 0 aliphatic carbocycles. The second kappa shape index (κ2) is 6.55. The smallest absolute Gasteiger partial charge is 0.0233 e. The molecule has 0 bridgehead atoms. The van der Waals surface area contributed by atoms with E-state index in [2.05, 4.69) is 75.4 Å². The van der Waals surface area contributed by atoms with Crippen LogP contribution in [0, 0.1) is 5.92 Å². The average Bonchev–Trinajstić information content (AvgIpc) is 2.90. The van der Waals surface area contributed by atoms with Gasteiger partial charge in [-0.05, 0) is 48.6 Å². The van der Waals surface area contributed by atoms with E-state index in [1.54, 1.807) is 0 Å². The Balaban J connectivity index is 1.53. The van der Waals surface area contributed by atoms with E-state index in [-0.39, 0.29) is 0 Å². The van der Waals surface area contributed by atoms with Gasteiger partial charge in [0.1, 0.15) is 0 Å². The van der Waals surface area contributed by atoms with Crippen molar-refractivity contribution >= 4 is 15.9 Å². The maximum atomic E-state index is 3.50. The van der Waals surface area contributed by atoms with Gasteiger partial charge in [0.15, 0.2) is 0 Å². The Bertz CT molecular complexity index is 535. The van der Waals surface area contributed by atoms with Gasteiger partial charge >= 0.3 is 0 Å². The summed E-state index contributed by atoms with van der Waals surface area (Å²) in [6.45, 7) is 3.55. The molecule has 0 saturated carbocycles. The Morgan fingerprint density at radius 2 is 1.70 bits per heavy atom. The number of likely N-dealkylation sites (tertiary alicyclic amines) is 1. The molecule has 1 aliphatic rings. The standard InChI is InChI=1S/C18H20BrN/c19-18-8-6-15(7-9-18)12-17-10-11-20(14-17)13-16-4-2-1-3-5-16/h1-9,17H,10-14H2. The highest BCUT2D eigenvalue weighted by atomic mass is 79.9. The molecule has 2 aromatic rings. The third-order valence-electron chi connectivity index (χ3n) is 4.06. The van der Waals surface area contributed by atoms with Crippen molar-refractivity contribution in [1.82, 2.24) is 4.90 Å². The van der Waals surface area contributed by atoms with E-state index in [0.717, 1.165) is 12.5 Å². The molecular formula is C18H20BrN. The van der Waals surface area contributed by atoms with E-state index in [0.29, 0.717) is 0 Å². The van der Waals surface area contributed by atoms with E-state index >= 15 is 0 Å². The van der Waals surface area contributed by atoms with Gasteiger partial charge in [-0.2, -0.15) is 0 Å². The fraction of sp³-hybridized carbons (Fsp3) is 0.333. The molecule has 0 N–H and O–H groups in total. The number of nitrogens with zero attached hydrogens (tertiary/aromatic N) is 1. The molecule has 1 aliphatic heterocycles. The molecule has 1 heterocycles. The lowest BCUT2D eigenvalue weighted by molar-refractivity contribution is 0.316. The fourth-order valence-electron chi connectivity index (χ4n) is 3.02. The number of hydrogen-bond donors (Lipinski definition) is 0.